The van der Waals surface area contributed by atoms with Gasteiger partial charge in [-0.05, 0) is 26.2 Å². The predicted octanol–water partition coefficient (Wildman–Crippen LogP) is 3.15. The third-order valence-corrected chi connectivity index (χ3v) is 3.11. The summed E-state index contributed by atoms with van der Waals surface area (Å²) >= 11 is 0. The lowest BCUT2D eigenvalue weighted by Gasteiger charge is -2.26. The van der Waals surface area contributed by atoms with E-state index in [0.717, 1.165) is 37.1 Å². The van der Waals surface area contributed by atoms with Crippen molar-refractivity contribution in [1.29, 1.82) is 0 Å². The van der Waals surface area contributed by atoms with Gasteiger partial charge in [0.05, 0.1) is 0 Å². The fourth-order valence-corrected chi connectivity index (χ4v) is 2.56. The van der Waals surface area contributed by atoms with E-state index in [-0.39, 0.29) is 11.6 Å². The molecular weight excluding hydrogens is 198 g/mol. The molecule has 0 aromatic rings. The second-order valence-corrected chi connectivity index (χ2v) is 4.75. The molecule has 2 nitrogen and oxygen atoms in total. The number of hydrogen-bond donors (Lipinski definition) is 1. The van der Waals surface area contributed by atoms with Gasteiger partial charge in [-0.1, -0.05) is 26.7 Å². The molecular formula is C11H22F2N2. The van der Waals surface area contributed by atoms with Gasteiger partial charge in [0.25, 0.3) is 0 Å². The van der Waals surface area contributed by atoms with E-state index in [1.54, 1.807) is 0 Å². The molecule has 90 valence electrons. The Morgan fingerprint density at radius 2 is 2.07 bits per heavy atom. The van der Waals surface area contributed by atoms with Gasteiger partial charge in [-0.3, -0.25) is 0 Å². The van der Waals surface area contributed by atoms with Gasteiger partial charge in [0.1, 0.15) is 0 Å². The first-order chi connectivity index (χ1) is 7.02. The van der Waals surface area contributed by atoms with E-state index in [2.05, 4.69) is 12.3 Å². The number of hydrogen-bond acceptors (Lipinski definition) is 2. The van der Waals surface area contributed by atoms with Crippen molar-refractivity contribution in [3.63, 3.8) is 0 Å². The molecule has 15 heavy (non-hydrogen) atoms. The lowest BCUT2D eigenvalue weighted by molar-refractivity contribution is -0.0736. The van der Waals surface area contributed by atoms with E-state index in [4.69, 9.17) is 0 Å². The Morgan fingerprint density at radius 1 is 1.40 bits per heavy atom. The maximum Gasteiger partial charge on any atom is 0.307 e. The van der Waals surface area contributed by atoms with Gasteiger partial charge >= 0.3 is 6.55 Å². The summed E-state index contributed by atoms with van der Waals surface area (Å²) in [6, 6.07) is -0.00782. The van der Waals surface area contributed by atoms with Crippen LogP contribution in [0.25, 0.3) is 0 Å². The summed E-state index contributed by atoms with van der Waals surface area (Å²) in [7, 11) is 0. The third kappa shape index (κ3) is 3.11. The van der Waals surface area contributed by atoms with E-state index < -0.39 is 6.55 Å². The van der Waals surface area contributed by atoms with Crippen molar-refractivity contribution in [2.24, 2.45) is 0 Å². The normalized spacial score (nSPS) is 32.8. The van der Waals surface area contributed by atoms with Gasteiger partial charge in [-0.2, -0.15) is 13.8 Å². The summed E-state index contributed by atoms with van der Waals surface area (Å²) in [5, 5.41) is 1.15. The van der Waals surface area contributed by atoms with Crippen molar-refractivity contribution >= 4 is 0 Å². The molecule has 1 heterocycles. The minimum atomic E-state index is -2.39. The minimum absolute atomic E-state index is 0.00782. The quantitative estimate of drug-likeness (QED) is 0.716. The highest BCUT2D eigenvalue weighted by Crippen LogP contribution is 2.32. The van der Waals surface area contributed by atoms with Crippen LogP contribution in [0.3, 0.4) is 0 Å². The van der Waals surface area contributed by atoms with Crippen molar-refractivity contribution in [3.05, 3.63) is 0 Å². The molecule has 0 saturated carbocycles. The molecule has 0 spiro atoms. The second-order valence-electron chi connectivity index (χ2n) is 4.75. The summed E-state index contributed by atoms with van der Waals surface area (Å²) in [6.07, 6.45) is 4.61. The van der Waals surface area contributed by atoms with Gasteiger partial charge in [0, 0.05) is 11.6 Å². The Hall–Kier alpha value is -0.220. The lowest BCUT2D eigenvalue weighted by Crippen LogP contribution is -2.47. The van der Waals surface area contributed by atoms with E-state index >= 15 is 0 Å². The van der Waals surface area contributed by atoms with Gasteiger partial charge in [0.2, 0.25) is 0 Å². The average Bonchev–Trinajstić information content (AvgIpc) is 2.44. The van der Waals surface area contributed by atoms with Crippen LogP contribution in [0.4, 0.5) is 8.78 Å². The van der Waals surface area contributed by atoms with E-state index in [1.165, 1.54) is 0 Å². The number of nitrogens with one attached hydrogen (secondary N) is 1. The monoisotopic (exact) mass is 220 g/mol. The number of hydrazine groups is 1. The zero-order valence-electron chi connectivity index (χ0n) is 9.89. The topological polar surface area (TPSA) is 15.3 Å². The molecule has 4 heteroatoms. The molecule has 1 rings (SSSR count). The SMILES string of the molecule is CCCC1CC(C)(CCC)NN1C(F)F. The molecule has 2 unspecified atom stereocenters. The number of alkyl halides is 2. The minimum Gasteiger partial charge on any atom is -0.244 e. The van der Waals surface area contributed by atoms with Crippen LogP contribution in [-0.2, 0) is 0 Å². The molecule has 0 aromatic heterocycles. The maximum atomic E-state index is 12.8. The van der Waals surface area contributed by atoms with Crippen LogP contribution in [0.15, 0.2) is 0 Å². The molecule has 1 fully saturated rings. The average molecular weight is 220 g/mol. The molecule has 2 atom stereocenters. The standard InChI is InChI=1S/C11H22F2N2/c1-4-6-9-8-11(3,7-5-2)14-15(9)10(12)13/h9-10,14H,4-8H2,1-3H3. The van der Waals surface area contributed by atoms with Crippen LogP contribution in [-0.4, -0.2) is 23.1 Å². The largest absolute Gasteiger partial charge is 0.307 e. The third-order valence-electron chi connectivity index (χ3n) is 3.11. The number of halogens is 2. The van der Waals surface area contributed by atoms with Gasteiger partial charge in [-0.15, -0.1) is 0 Å². The molecule has 0 radical (unpaired) electrons. The first kappa shape index (κ1) is 12.8. The summed E-state index contributed by atoms with van der Waals surface area (Å²) in [4.78, 5) is 0. The molecule has 1 aliphatic rings. The molecule has 1 saturated heterocycles. The predicted molar refractivity (Wildman–Crippen MR) is 57.6 cm³/mol. The summed E-state index contributed by atoms with van der Waals surface area (Å²) in [6.45, 7) is 3.79. The Labute approximate surface area is 91.0 Å². The molecule has 0 amide bonds. The van der Waals surface area contributed by atoms with E-state index in [1.807, 2.05) is 13.8 Å². The molecule has 1 aliphatic heterocycles. The smallest absolute Gasteiger partial charge is 0.244 e. The highest BCUT2D eigenvalue weighted by Gasteiger charge is 2.42. The van der Waals surface area contributed by atoms with Gasteiger partial charge in [-0.25, -0.2) is 5.43 Å². The van der Waals surface area contributed by atoms with Crippen molar-refractivity contribution in [1.82, 2.24) is 10.4 Å². The van der Waals surface area contributed by atoms with Crippen LogP contribution in [0.1, 0.15) is 52.9 Å². The van der Waals surface area contributed by atoms with Crippen molar-refractivity contribution in [2.75, 3.05) is 0 Å². The van der Waals surface area contributed by atoms with Crippen molar-refractivity contribution in [3.8, 4) is 0 Å². The van der Waals surface area contributed by atoms with Crippen LogP contribution in [0.5, 0.6) is 0 Å². The van der Waals surface area contributed by atoms with Crippen LogP contribution in [0.2, 0.25) is 0 Å². The second kappa shape index (κ2) is 5.21. The fourth-order valence-electron chi connectivity index (χ4n) is 2.56. The number of nitrogens with zero attached hydrogens (tertiary/aromatic N) is 1. The molecule has 1 N–H and O–H groups in total. The Kier molecular flexibility index (Phi) is 4.46. The molecule has 0 aromatic carbocycles. The highest BCUT2D eigenvalue weighted by atomic mass is 19.3. The van der Waals surface area contributed by atoms with Crippen molar-refractivity contribution in [2.45, 2.75) is 71.0 Å². The maximum absolute atomic E-state index is 12.8. The zero-order valence-corrected chi connectivity index (χ0v) is 9.89. The fraction of sp³-hybridized carbons (Fsp3) is 1.00. The number of rotatable bonds is 5. The summed E-state index contributed by atoms with van der Waals surface area (Å²) in [5.41, 5.74) is 2.85. The van der Waals surface area contributed by atoms with E-state index in [0.29, 0.717) is 0 Å². The Morgan fingerprint density at radius 3 is 2.53 bits per heavy atom. The Bertz CT molecular complexity index is 199. The van der Waals surface area contributed by atoms with Crippen LogP contribution >= 0.6 is 0 Å². The summed E-state index contributed by atoms with van der Waals surface area (Å²) in [5.74, 6) is 0. The van der Waals surface area contributed by atoms with Crippen LogP contribution in [0, 0.1) is 0 Å². The van der Waals surface area contributed by atoms with Crippen LogP contribution < -0.4 is 5.43 Å². The molecule has 0 bridgehead atoms. The molecule has 0 aliphatic carbocycles. The van der Waals surface area contributed by atoms with E-state index in [9.17, 15) is 8.78 Å². The van der Waals surface area contributed by atoms with Gasteiger partial charge < -0.3 is 0 Å². The lowest BCUT2D eigenvalue weighted by atomic mass is 9.90. The highest BCUT2D eigenvalue weighted by molar-refractivity contribution is 4.93. The summed E-state index contributed by atoms with van der Waals surface area (Å²) < 4.78 is 25.5. The van der Waals surface area contributed by atoms with Gasteiger partial charge in [0.15, 0.2) is 0 Å². The zero-order chi connectivity index (χ0) is 11.5. The first-order valence-corrected chi connectivity index (χ1v) is 5.86. The first-order valence-electron chi connectivity index (χ1n) is 5.86. The van der Waals surface area contributed by atoms with Crippen molar-refractivity contribution < 1.29 is 8.78 Å². The Balaban J connectivity index is 2.63.